The van der Waals surface area contributed by atoms with E-state index in [2.05, 4.69) is 0 Å². The van der Waals surface area contributed by atoms with Gasteiger partial charge in [-0.05, 0) is 31.5 Å². The van der Waals surface area contributed by atoms with Gasteiger partial charge in [-0.3, -0.25) is 4.79 Å². The fourth-order valence-corrected chi connectivity index (χ4v) is 1.12. The lowest BCUT2D eigenvalue weighted by atomic mass is 10.2. The molecule has 0 bridgehead atoms. The van der Waals surface area contributed by atoms with Gasteiger partial charge in [0.25, 0.3) is 5.91 Å². The molecule has 15 heavy (non-hydrogen) atoms. The van der Waals surface area contributed by atoms with Crippen molar-refractivity contribution in [3.05, 3.63) is 23.8 Å². The van der Waals surface area contributed by atoms with Crippen LogP contribution in [0.15, 0.2) is 18.2 Å². The molecule has 1 unspecified atom stereocenters. The molecule has 1 amide bonds. The molecule has 0 fully saturated rings. The van der Waals surface area contributed by atoms with E-state index in [4.69, 9.17) is 15.2 Å². The van der Waals surface area contributed by atoms with E-state index in [0.717, 1.165) is 5.56 Å². The Balaban J connectivity index is 2.89. The summed E-state index contributed by atoms with van der Waals surface area (Å²) in [7, 11) is 1.55. The zero-order chi connectivity index (χ0) is 11.4. The Labute approximate surface area is 89.0 Å². The summed E-state index contributed by atoms with van der Waals surface area (Å²) in [5.41, 5.74) is 6.16. The Morgan fingerprint density at radius 3 is 2.60 bits per heavy atom. The quantitative estimate of drug-likeness (QED) is 0.811. The lowest BCUT2D eigenvalue weighted by molar-refractivity contribution is -0.124. The molecule has 4 heteroatoms. The molecule has 0 saturated carbocycles. The van der Waals surface area contributed by atoms with Gasteiger partial charge >= 0.3 is 0 Å². The monoisotopic (exact) mass is 209 g/mol. The Bertz CT molecular complexity index is 363. The number of aryl methyl sites for hydroxylation is 1. The van der Waals surface area contributed by atoms with E-state index in [1.54, 1.807) is 20.1 Å². The van der Waals surface area contributed by atoms with Crippen LogP contribution in [0.1, 0.15) is 12.5 Å². The van der Waals surface area contributed by atoms with E-state index in [1.165, 1.54) is 0 Å². The molecule has 0 aliphatic rings. The lowest BCUT2D eigenvalue weighted by Crippen LogP contribution is -2.30. The highest BCUT2D eigenvalue weighted by molar-refractivity contribution is 5.78. The normalized spacial score (nSPS) is 11.9. The number of nitrogens with two attached hydrogens (primary N) is 1. The number of carbonyl (C=O) groups excluding carboxylic acids is 1. The number of carbonyl (C=O) groups is 1. The molecule has 2 N–H and O–H groups in total. The Morgan fingerprint density at radius 2 is 2.07 bits per heavy atom. The highest BCUT2D eigenvalue weighted by Gasteiger charge is 2.13. The number of hydrogen-bond donors (Lipinski definition) is 1. The van der Waals surface area contributed by atoms with Crippen molar-refractivity contribution in [1.29, 1.82) is 0 Å². The number of amides is 1. The van der Waals surface area contributed by atoms with Gasteiger partial charge in [0.2, 0.25) is 0 Å². The van der Waals surface area contributed by atoms with Gasteiger partial charge in [-0.2, -0.15) is 0 Å². The number of ether oxygens (including phenoxy) is 2. The molecule has 0 radical (unpaired) electrons. The van der Waals surface area contributed by atoms with Crippen LogP contribution in [0.2, 0.25) is 0 Å². The highest BCUT2D eigenvalue weighted by atomic mass is 16.5. The minimum Gasteiger partial charge on any atom is -0.493 e. The summed E-state index contributed by atoms with van der Waals surface area (Å²) < 4.78 is 10.5. The van der Waals surface area contributed by atoms with Gasteiger partial charge in [-0.1, -0.05) is 6.07 Å². The van der Waals surface area contributed by atoms with Gasteiger partial charge in [-0.15, -0.1) is 0 Å². The van der Waals surface area contributed by atoms with Crippen molar-refractivity contribution >= 4 is 5.91 Å². The summed E-state index contributed by atoms with van der Waals surface area (Å²) in [5, 5.41) is 0. The van der Waals surface area contributed by atoms with E-state index in [9.17, 15) is 4.79 Å². The van der Waals surface area contributed by atoms with Crippen LogP contribution >= 0.6 is 0 Å². The van der Waals surface area contributed by atoms with E-state index in [-0.39, 0.29) is 0 Å². The average Bonchev–Trinajstić information content (AvgIpc) is 2.20. The Morgan fingerprint density at radius 1 is 1.40 bits per heavy atom. The summed E-state index contributed by atoms with van der Waals surface area (Å²) in [5.74, 6) is 0.620. The van der Waals surface area contributed by atoms with Crippen molar-refractivity contribution in [2.24, 2.45) is 5.73 Å². The third-order valence-corrected chi connectivity index (χ3v) is 2.02. The van der Waals surface area contributed by atoms with Crippen molar-refractivity contribution in [2.75, 3.05) is 7.11 Å². The van der Waals surface area contributed by atoms with Crippen LogP contribution in [0.25, 0.3) is 0 Å². The second-order valence-electron chi connectivity index (χ2n) is 3.32. The van der Waals surface area contributed by atoms with Gasteiger partial charge in [0.1, 0.15) is 0 Å². The fourth-order valence-electron chi connectivity index (χ4n) is 1.12. The van der Waals surface area contributed by atoms with E-state index >= 15 is 0 Å². The lowest BCUT2D eigenvalue weighted by Gasteiger charge is -2.14. The van der Waals surface area contributed by atoms with E-state index in [0.29, 0.717) is 11.5 Å². The molecule has 0 spiro atoms. The van der Waals surface area contributed by atoms with Crippen LogP contribution < -0.4 is 15.2 Å². The molecule has 1 atom stereocenters. The van der Waals surface area contributed by atoms with Crippen molar-refractivity contribution in [3.8, 4) is 11.5 Å². The number of hydrogen-bond acceptors (Lipinski definition) is 3. The molecular weight excluding hydrogens is 194 g/mol. The number of primary amides is 1. The first kappa shape index (κ1) is 11.4. The highest BCUT2D eigenvalue weighted by Crippen LogP contribution is 2.28. The predicted octanol–water partition coefficient (Wildman–Crippen LogP) is 1.26. The summed E-state index contributed by atoms with van der Waals surface area (Å²) in [6, 6.07) is 5.47. The van der Waals surface area contributed by atoms with Gasteiger partial charge in [0.15, 0.2) is 17.6 Å². The van der Waals surface area contributed by atoms with Crippen LogP contribution in [-0.2, 0) is 4.79 Å². The first-order valence-electron chi connectivity index (χ1n) is 4.65. The number of methoxy groups -OCH3 is 1. The van der Waals surface area contributed by atoms with Crippen LogP contribution in [-0.4, -0.2) is 19.1 Å². The maximum absolute atomic E-state index is 10.8. The van der Waals surface area contributed by atoms with Crippen LogP contribution in [0.4, 0.5) is 0 Å². The minimum absolute atomic E-state index is 0.502. The van der Waals surface area contributed by atoms with Crippen LogP contribution in [0, 0.1) is 6.92 Å². The molecule has 82 valence electrons. The van der Waals surface area contributed by atoms with Gasteiger partial charge in [-0.25, -0.2) is 0 Å². The zero-order valence-corrected chi connectivity index (χ0v) is 9.11. The molecule has 1 rings (SSSR count). The third-order valence-electron chi connectivity index (χ3n) is 2.02. The molecule has 1 aromatic rings. The maximum Gasteiger partial charge on any atom is 0.258 e. The first-order valence-corrected chi connectivity index (χ1v) is 4.65. The van der Waals surface area contributed by atoms with Crippen molar-refractivity contribution in [1.82, 2.24) is 0 Å². The third kappa shape index (κ3) is 2.87. The molecule has 0 heterocycles. The van der Waals surface area contributed by atoms with Crippen molar-refractivity contribution in [2.45, 2.75) is 20.0 Å². The second kappa shape index (κ2) is 4.68. The largest absolute Gasteiger partial charge is 0.493 e. The average molecular weight is 209 g/mol. The minimum atomic E-state index is -0.665. The number of benzene rings is 1. The summed E-state index contributed by atoms with van der Waals surface area (Å²) >= 11 is 0. The van der Waals surface area contributed by atoms with Gasteiger partial charge in [0, 0.05) is 0 Å². The molecule has 1 aromatic carbocycles. The number of rotatable bonds is 4. The molecule has 0 saturated heterocycles. The Hall–Kier alpha value is -1.71. The molecular formula is C11H15NO3. The molecule has 0 aliphatic carbocycles. The van der Waals surface area contributed by atoms with Crippen LogP contribution in [0.3, 0.4) is 0 Å². The molecule has 4 nitrogen and oxygen atoms in total. The Kier molecular flexibility index (Phi) is 3.55. The topological polar surface area (TPSA) is 61.6 Å². The SMILES string of the molecule is COc1cc(C)ccc1OC(C)C(N)=O. The van der Waals surface area contributed by atoms with Crippen molar-refractivity contribution < 1.29 is 14.3 Å². The summed E-state index contributed by atoms with van der Waals surface area (Å²) in [4.78, 5) is 10.8. The smallest absolute Gasteiger partial charge is 0.258 e. The zero-order valence-electron chi connectivity index (χ0n) is 9.11. The first-order chi connectivity index (χ1) is 7.04. The second-order valence-corrected chi connectivity index (χ2v) is 3.32. The van der Waals surface area contributed by atoms with Crippen LogP contribution in [0.5, 0.6) is 11.5 Å². The standard InChI is InChI=1S/C11H15NO3/c1-7-4-5-9(10(6-7)14-3)15-8(2)11(12)13/h4-6,8H,1-3H3,(H2,12,13). The predicted molar refractivity (Wildman–Crippen MR) is 57.0 cm³/mol. The van der Waals surface area contributed by atoms with E-state index in [1.807, 2.05) is 19.1 Å². The maximum atomic E-state index is 10.8. The van der Waals surface area contributed by atoms with Gasteiger partial charge in [0.05, 0.1) is 7.11 Å². The van der Waals surface area contributed by atoms with E-state index < -0.39 is 12.0 Å². The fraction of sp³-hybridized carbons (Fsp3) is 0.364. The van der Waals surface area contributed by atoms with Crippen molar-refractivity contribution in [3.63, 3.8) is 0 Å². The molecule has 0 aliphatic heterocycles. The van der Waals surface area contributed by atoms with Gasteiger partial charge < -0.3 is 15.2 Å². The summed E-state index contributed by atoms with van der Waals surface area (Å²) in [6.07, 6.45) is -0.665. The molecule has 0 aromatic heterocycles. The summed E-state index contributed by atoms with van der Waals surface area (Å²) in [6.45, 7) is 3.55.